The Kier molecular flexibility index (Phi) is 3.87. The van der Waals surface area contributed by atoms with Crippen molar-refractivity contribution in [2.75, 3.05) is 0 Å². The number of halogens is 2. The molecule has 1 atom stereocenters. The summed E-state index contributed by atoms with van der Waals surface area (Å²) in [6.07, 6.45) is 0. The molecule has 3 aromatic rings. The first kappa shape index (κ1) is 14.1. The van der Waals surface area contributed by atoms with Gasteiger partial charge in [-0.25, -0.2) is 0 Å². The van der Waals surface area contributed by atoms with Gasteiger partial charge in [0.05, 0.1) is 6.04 Å². The third-order valence-corrected chi connectivity index (χ3v) is 5.96. The molecule has 3 rings (SSSR count). The maximum atomic E-state index is 6.45. The Morgan fingerprint density at radius 2 is 1.90 bits per heavy atom. The molecule has 0 fully saturated rings. The van der Waals surface area contributed by atoms with E-state index in [0.717, 1.165) is 26.2 Å². The molecule has 102 valence electrons. The molecule has 1 heterocycles. The SMILES string of the molecule is Cc1cccc(C(N)c2csc3c(Br)cccc23)c1Cl. The molecule has 0 saturated heterocycles. The molecule has 2 N–H and O–H groups in total. The molecule has 0 spiro atoms. The molecule has 0 radical (unpaired) electrons. The highest BCUT2D eigenvalue weighted by molar-refractivity contribution is 9.10. The molecular formula is C16H13BrClNS. The lowest BCUT2D eigenvalue weighted by Gasteiger charge is -2.14. The lowest BCUT2D eigenvalue weighted by molar-refractivity contribution is 0.883. The predicted octanol–water partition coefficient (Wildman–Crippen LogP) is 5.67. The molecule has 1 nitrogen and oxygen atoms in total. The van der Waals surface area contributed by atoms with Gasteiger partial charge in [0.25, 0.3) is 0 Å². The molecule has 0 amide bonds. The van der Waals surface area contributed by atoms with Crippen LogP contribution in [0.4, 0.5) is 0 Å². The van der Waals surface area contributed by atoms with Crippen LogP contribution in [-0.2, 0) is 0 Å². The van der Waals surface area contributed by atoms with Gasteiger partial charge in [-0.3, -0.25) is 0 Å². The number of fused-ring (bicyclic) bond motifs is 1. The lowest BCUT2D eigenvalue weighted by Crippen LogP contribution is -2.12. The van der Waals surface area contributed by atoms with Gasteiger partial charge < -0.3 is 5.73 Å². The quantitative estimate of drug-likeness (QED) is 0.621. The van der Waals surface area contributed by atoms with E-state index in [1.807, 2.05) is 37.3 Å². The van der Waals surface area contributed by atoms with Gasteiger partial charge in [0.1, 0.15) is 0 Å². The highest BCUT2D eigenvalue weighted by atomic mass is 79.9. The number of nitrogens with two attached hydrogens (primary N) is 1. The number of hydrogen-bond donors (Lipinski definition) is 1. The number of rotatable bonds is 2. The van der Waals surface area contributed by atoms with Crippen LogP contribution in [0, 0.1) is 6.92 Å². The smallest absolute Gasteiger partial charge is 0.0580 e. The van der Waals surface area contributed by atoms with Crippen LogP contribution in [0.2, 0.25) is 5.02 Å². The molecule has 0 saturated carbocycles. The Morgan fingerprint density at radius 1 is 1.15 bits per heavy atom. The summed E-state index contributed by atoms with van der Waals surface area (Å²) < 4.78 is 2.33. The molecule has 0 bridgehead atoms. The van der Waals surface area contributed by atoms with Crippen LogP contribution in [0.25, 0.3) is 10.1 Å². The zero-order valence-corrected chi connectivity index (χ0v) is 14.0. The van der Waals surface area contributed by atoms with Crippen molar-refractivity contribution in [2.45, 2.75) is 13.0 Å². The van der Waals surface area contributed by atoms with Gasteiger partial charge in [-0.15, -0.1) is 11.3 Å². The average molecular weight is 367 g/mol. The topological polar surface area (TPSA) is 26.0 Å². The summed E-state index contributed by atoms with van der Waals surface area (Å²) >= 11 is 11.7. The van der Waals surface area contributed by atoms with E-state index in [1.54, 1.807) is 11.3 Å². The highest BCUT2D eigenvalue weighted by Gasteiger charge is 2.17. The largest absolute Gasteiger partial charge is 0.320 e. The summed E-state index contributed by atoms with van der Waals surface area (Å²) in [6, 6.07) is 12.0. The summed E-state index contributed by atoms with van der Waals surface area (Å²) in [6.45, 7) is 2.00. The van der Waals surface area contributed by atoms with Crippen molar-refractivity contribution in [3.05, 3.63) is 68.0 Å². The molecule has 1 unspecified atom stereocenters. The van der Waals surface area contributed by atoms with Crippen molar-refractivity contribution in [2.24, 2.45) is 5.73 Å². The molecule has 1 aromatic heterocycles. The predicted molar refractivity (Wildman–Crippen MR) is 91.7 cm³/mol. The van der Waals surface area contributed by atoms with E-state index >= 15 is 0 Å². The number of aryl methyl sites for hydroxylation is 1. The second kappa shape index (κ2) is 5.49. The fourth-order valence-electron chi connectivity index (χ4n) is 2.36. The van der Waals surface area contributed by atoms with Gasteiger partial charge in [0, 0.05) is 14.2 Å². The van der Waals surface area contributed by atoms with Gasteiger partial charge in [-0.1, -0.05) is 41.9 Å². The number of benzene rings is 2. The third-order valence-electron chi connectivity index (χ3n) is 3.47. The van der Waals surface area contributed by atoms with E-state index in [9.17, 15) is 0 Å². The molecule has 0 aliphatic rings. The minimum Gasteiger partial charge on any atom is -0.320 e. The van der Waals surface area contributed by atoms with Crippen molar-refractivity contribution < 1.29 is 0 Å². The van der Waals surface area contributed by atoms with E-state index in [2.05, 4.69) is 27.4 Å². The molecule has 20 heavy (non-hydrogen) atoms. The van der Waals surface area contributed by atoms with Gasteiger partial charge in [0.2, 0.25) is 0 Å². The minimum absolute atomic E-state index is 0.203. The highest BCUT2D eigenvalue weighted by Crippen LogP contribution is 2.38. The van der Waals surface area contributed by atoms with E-state index in [0.29, 0.717) is 0 Å². The Balaban J connectivity index is 2.16. The van der Waals surface area contributed by atoms with Crippen LogP contribution >= 0.6 is 38.9 Å². The summed E-state index contributed by atoms with van der Waals surface area (Å²) in [5, 5.41) is 4.07. The zero-order valence-electron chi connectivity index (χ0n) is 10.9. The Bertz CT molecular complexity index is 781. The zero-order chi connectivity index (χ0) is 14.3. The average Bonchev–Trinajstić information content (AvgIpc) is 2.86. The fraction of sp³-hybridized carbons (Fsp3) is 0.125. The summed E-state index contributed by atoms with van der Waals surface area (Å²) in [7, 11) is 0. The lowest BCUT2D eigenvalue weighted by atomic mass is 9.97. The Morgan fingerprint density at radius 3 is 2.70 bits per heavy atom. The van der Waals surface area contributed by atoms with Crippen LogP contribution in [-0.4, -0.2) is 0 Å². The maximum Gasteiger partial charge on any atom is 0.0580 e. The fourth-order valence-corrected chi connectivity index (χ4v) is 4.26. The standard InChI is InChI=1S/C16H13BrClNS/c1-9-4-2-6-11(14(9)18)15(19)12-8-20-16-10(12)5-3-7-13(16)17/h2-8,15H,19H2,1H3. The van der Waals surface area contributed by atoms with Gasteiger partial charge in [-0.05, 0) is 56.4 Å². The number of hydrogen-bond acceptors (Lipinski definition) is 2. The Hall–Kier alpha value is -0.870. The van der Waals surface area contributed by atoms with Crippen molar-refractivity contribution >= 4 is 49.0 Å². The van der Waals surface area contributed by atoms with Crippen LogP contribution in [0.15, 0.2) is 46.3 Å². The van der Waals surface area contributed by atoms with E-state index in [-0.39, 0.29) is 6.04 Å². The molecule has 2 aromatic carbocycles. The second-order valence-electron chi connectivity index (χ2n) is 4.76. The van der Waals surface area contributed by atoms with Crippen molar-refractivity contribution in [3.63, 3.8) is 0 Å². The molecule has 0 aliphatic carbocycles. The van der Waals surface area contributed by atoms with E-state index in [1.165, 1.54) is 10.1 Å². The summed E-state index contributed by atoms with van der Waals surface area (Å²) in [4.78, 5) is 0. The van der Waals surface area contributed by atoms with Crippen LogP contribution in [0.3, 0.4) is 0 Å². The first-order chi connectivity index (χ1) is 9.59. The minimum atomic E-state index is -0.203. The maximum absolute atomic E-state index is 6.45. The van der Waals surface area contributed by atoms with Crippen LogP contribution in [0.1, 0.15) is 22.7 Å². The Labute approximate surface area is 135 Å². The summed E-state index contributed by atoms with van der Waals surface area (Å²) in [5.41, 5.74) is 9.61. The summed E-state index contributed by atoms with van der Waals surface area (Å²) in [5.74, 6) is 0. The van der Waals surface area contributed by atoms with Crippen molar-refractivity contribution in [1.29, 1.82) is 0 Å². The monoisotopic (exact) mass is 365 g/mol. The van der Waals surface area contributed by atoms with Gasteiger partial charge in [-0.2, -0.15) is 0 Å². The normalized spacial score (nSPS) is 12.8. The third kappa shape index (κ3) is 2.29. The molecular weight excluding hydrogens is 354 g/mol. The molecule has 4 heteroatoms. The van der Waals surface area contributed by atoms with Crippen molar-refractivity contribution in [3.8, 4) is 0 Å². The first-order valence-corrected chi connectivity index (χ1v) is 8.31. The first-order valence-electron chi connectivity index (χ1n) is 6.26. The van der Waals surface area contributed by atoms with E-state index in [4.69, 9.17) is 17.3 Å². The van der Waals surface area contributed by atoms with Crippen LogP contribution < -0.4 is 5.73 Å². The van der Waals surface area contributed by atoms with Crippen LogP contribution in [0.5, 0.6) is 0 Å². The molecule has 0 aliphatic heterocycles. The second-order valence-corrected chi connectivity index (χ2v) is 6.88. The van der Waals surface area contributed by atoms with E-state index < -0.39 is 0 Å². The van der Waals surface area contributed by atoms with Crippen molar-refractivity contribution in [1.82, 2.24) is 0 Å². The number of thiophene rings is 1. The van der Waals surface area contributed by atoms with Gasteiger partial charge in [0.15, 0.2) is 0 Å². The van der Waals surface area contributed by atoms with Gasteiger partial charge >= 0.3 is 0 Å².